The maximum atomic E-state index is 11.5. The number of aromatic nitrogens is 1. The predicted octanol–water partition coefficient (Wildman–Crippen LogP) is 1.65. The molecule has 1 aromatic heterocycles. The van der Waals surface area contributed by atoms with E-state index >= 15 is 0 Å². The molecule has 0 atom stereocenters. The number of esters is 1. The number of rotatable bonds is 7. The van der Waals surface area contributed by atoms with Crippen molar-refractivity contribution in [1.29, 1.82) is 0 Å². The number of hydrogen-bond donors (Lipinski definition) is 2. The maximum Gasteiger partial charge on any atom is 0.407 e. The first-order chi connectivity index (χ1) is 11.2. The van der Waals surface area contributed by atoms with Crippen molar-refractivity contribution in [2.75, 3.05) is 20.3 Å². The third-order valence-electron chi connectivity index (χ3n) is 2.67. The Morgan fingerprint density at radius 2 is 2.00 bits per heavy atom. The van der Waals surface area contributed by atoms with Gasteiger partial charge in [-0.2, -0.15) is 0 Å². The van der Waals surface area contributed by atoms with Gasteiger partial charge in [-0.05, 0) is 27.2 Å². The summed E-state index contributed by atoms with van der Waals surface area (Å²) in [6, 6.07) is 2.97. The molecule has 0 saturated heterocycles. The number of methoxy groups -OCH3 is 1. The Bertz CT molecular complexity index is 568. The van der Waals surface area contributed by atoms with E-state index in [-0.39, 0.29) is 12.3 Å². The first-order valence-electron chi connectivity index (χ1n) is 7.55. The van der Waals surface area contributed by atoms with Crippen molar-refractivity contribution < 1.29 is 28.9 Å². The lowest BCUT2D eigenvalue weighted by Crippen LogP contribution is -2.33. The van der Waals surface area contributed by atoms with E-state index in [2.05, 4.69) is 15.0 Å². The first-order valence-corrected chi connectivity index (χ1v) is 7.55. The molecule has 24 heavy (non-hydrogen) atoms. The zero-order valence-corrected chi connectivity index (χ0v) is 14.4. The van der Waals surface area contributed by atoms with Crippen LogP contribution in [0.5, 0.6) is 5.75 Å². The summed E-state index contributed by atoms with van der Waals surface area (Å²) in [6.45, 7) is 5.74. The second kappa shape index (κ2) is 9.07. The van der Waals surface area contributed by atoms with Crippen molar-refractivity contribution in [3.63, 3.8) is 0 Å². The molecule has 0 aliphatic carbocycles. The molecule has 0 saturated carbocycles. The molecule has 1 aromatic rings. The summed E-state index contributed by atoms with van der Waals surface area (Å²) in [5.41, 5.74) is -0.173. The smallest absolute Gasteiger partial charge is 0.407 e. The fraction of sp³-hybridized carbons (Fsp3) is 0.562. The molecule has 0 aliphatic heterocycles. The van der Waals surface area contributed by atoms with Crippen LogP contribution >= 0.6 is 0 Å². The van der Waals surface area contributed by atoms with Gasteiger partial charge >= 0.3 is 12.1 Å². The number of carbonyl (C=O) groups excluding carboxylic acids is 2. The minimum atomic E-state index is -0.609. The van der Waals surface area contributed by atoms with Gasteiger partial charge in [-0.15, -0.1) is 0 Å². The monoisotopic (exact) mass is 340 g/mol. The molecule has 0 fully saturated rings. The fourth-order valence-corrected chi connectivity index (χ4v) is 1.70. The van der Waals surface area contributed by atoms with Crippen molar-refractivity contribution in [1.82, 2.24) is 10.3 Å². The lowest BCUT2D eigenvalue weighted by Gasteiger charge is -2.19. The highest BCUT2D eigenvalue weighted by atomic mass is 16.6. The van der Waals surface area contributed by atoms with Crippen molar-refractivity contribution in [3.05, 3.63) is 23.5 Å². The number of amides is 1. The van der Waals surface area contributed by atoms with Crippen LogP contribution in [0.4, 0.5) is 4.79 Å². The van der Waals surface area contributed by atoms with Crippen molar-refractivity contribution >= 4 is 12.1 Å². The van der Waals surface area contributed by atoms with E-state index in [1.54, 1.807) is 20.8 Å². The molecule has 2 N–H and O–H groups in total. The normalized spacial score (nSPS) is 10.9. The average Bonchev–Trinajstić information content (AvgIpc) is 2.51. The summed E-state index contributed by atoms with van der Waals surface area (Å²) < 4.78 is 15.2. The van der Waals surface area contributed by atoms with E-state index in [1.165, 1.54) is 19.2 Å². The molecule has 1 rings (SSSR count). The second-order valence-corrected chi connectivity index (χ2v) is 5.96. The first kappa shape index (κ1) is 19.7. The van der Waals surface area contributed by atoms with Crippen LogP contribution in [0.25, 0.3) is 0 Å². The Morgan fingerprint density at radius 3 is 2.58 bits per heavy atom. The minimum absolute atomic E-state index is 0.0610. The number of hydrogen-bond acceptors (Lipinski definition) is 7. The third-order valence-corrected chi connectivity index (χ3v) is 2.67. The van der Waals surface area contributed by atoms with Crippen molar-refractivity contribution in [2.24, 2.45) is 0 Å². The largest absolute Gasteiger partial charge is 0.493 e. The minimum Gasteiger partial charge on any atom is -0.493 e. The summed E-state index contributed by atoms with van der Waals surface area (Å²) >= 11 is 0. The number of nitrogens with one attached hydrogen (secondary N) is 1. The third kappa shape index (κ3) is 7.28. The molecular formula is C16H24N2O6. The van der Waals surface area contributed by atoms with Gasteiger partial charge in [0.2, 0.25) is 0 Å². The van der Waals surface area contributed by atoms with Crippen LogP contribution in [-0.4, -0.2) is 48.0 Å². The highest BCUT2D eigenvalue weighted by molar-refractivity contribution is 5.87. The number of nitrogens with zero attached hydrogens (tertiary/aromatic N) is 1. The van der Waals surface area contributed by atoms with E-state index < -0.39 is 17.7 Å². The predicted molar refractivity (Wildman–Crippen MR) is 85.8 cm³/mol. The molecule has 0 aliphatic rings. The van der Waals surface area contributed by atoms with Crippen LogP contribution in [-0.2, 0) is 16.1 Å². The fourth-order valence-electron chi connectivity index (χ4n) is 1.70. The van der Waals surface area contributed by atoms with E-state index in [4.69, 9.17) is 9.47 Å². The standard InChI is InChI=1S/C16H24N2O6/c1-16(2,3)24-15(21)17-6-5-7-23-12-8-11(10-19)18-13(9-12)14(20)22-4/h8-9,19H,5-7,10H2,1-4H3,(H,17,21). The summed E-state index contributed by atoms with van der Waals surface area (Å²) in [5.74, 6) is -0.214. The maximum absolute atomic E-state index is 11.5. The van der Waals surface area contributed by atoms with Gasteiger partial charge < -0.3 is 24.6 Å². The van der Waals surface area contributed by atoms with Crippen LogP contribution in [0.15, 0.2) is 12.1 Å². The molecule has 8 heteroatoms. The summed E-state index contributed by atoms with van der Waals surface area (Å²) in [7, 11) is 1.25. The van der Waals surface area contributed by atoms with Crippen LogP contribution in [0.1, 0.15) is 43.4 Å². The molecule has 0 bridgehead atoms. The van der Waals surface area contributed by atoms with Crippen LogP contribution in [0, 0.1) is 0 Å². The highest BCUT2D eigenvalue weighted by Gasteiger charge is 2.15. The highest BCUT2D eigenvalue weighted by Crippen LogP contribution is 2.15. The number of pyridine rings is 1. The second-order valence-electron chi connectivity index (χ2n) is 5.96. The Morgan fingerprint density at radius 1 is 1.29 bits per heavy atom. The van der Waals surface area contributed by atoms with Gasteiger partial charge in [0.05, 0.1) is 26.0 Å². The topological polar surface area (TPSA) is 107 Å². The average molecular weight is 340 g/mol. The Balaban J connectivity index is 2.45. The van der Waals surface area contributed by atoms with Gasteiger partial charge in [-0.1, -0.05) is 0 Å². The molecular weight excluding hydrogens is 316 g/mol. The van der Waals surface area contributed by atoms with Gasteiger partial charge in [0.15, 0.2) is 5.69 Å². The van der Waals surface area contributed by atoms with Crippen LogP contribution < -0.4 is 10.1 Å². The Kier molecular flexibility index (Phi) is 7.44. The van der Waals surface area contributed by atoms with Gasteiger partial charge in [0, 0.05) is 18.7 Å². The summed E-state index contributed by atoms with van der Waals surface area (Å²) in [6.07, 6.45) is 0.0609. The molecule has 1 amide bonds. The van der Waals surface area contributed by atoms with Crippen LogP contribution in [0.2, 0.25) is 0 Å². The Hall–Kier alpha value is -2.35. The summed E-state index contributed by atoms with van der Waals surface area (Å²) in [5, 5.41) is 11.8. The lowest BCUT2D eigenvalue weighted by molar-refractivity contribution is 0.0523. The summed E-state index contributed by atoms with van der Waals surface area (Å²) in [4.78, 5) is 26.9. The quantitative estimate of drug-likeness (QED) is 0.574. The van der Waals surface area contributed by atoms with Crippen LogP contribution in [0.3, 0.4) is 0 Å². The van der Waals surface area contributed by atoms with Gasteiger partial charge in [0.25, 0.3) is 0 Å². The van der Waals surface area contributed by atoms with E-state index in [0.29, 0.717) is 31.0 Å². The zero-order valence-electron chi connectivity index (χ0n) is 14.4. The van der Waals surface area contributed by atoms with Gasteiger partial charge in [-0.25, -0.2) is 14.6 Å². The Labute approximate surface area is 141 Å². The lowest BCUT2D eigenvalue weighted by atomic mass is 10.2. The van der Waals surface area contributed by atoms with E-state index in [9.17, 15) is 14.7 Å². The number of ether oxygens (including phenoxy) is 3. The van der Waals surface area contributed by atoms with Gasteiger partial charge in [-0.3, -0.25) is 0 Å². The molecule has 0 unspecified atom stereocenters. The zero-order chi connectivity index (χ0) is 18.2. The van der Waals surface area contributed by atoms with Gasteiger partial charge in [0.1, 0.15) is 11.4 Å². The van der Waals surface area contributed by atoms with E-state index in [1.807, 2.05) is 0 Å². The molecule has 134 valence electrons. The molecule has 8 nitrogen and oxygen atoms in total. The molecule has 0 aromatic carbocycles. The van der Waals surface area contributed by atoms with E-state index in [0.717, 1.165) is 0 Å². The number of carbonyl (C=O) groups is 2. The number of aliphatic hydroxyl groups excluding tert-OH is 1. The van der Waals surface area contributed by atoms with Crippen molar-refractivity contribution in [3.8, 4) is 5.75 Å². The molecule has 0 radical (unpaired) electrons. The number of alkyl carbamates (subject to hydrolysis) is 1. The molecule has 1 heterocycles. The van der Waals surface area contributed by atoms with Crippen molar-refractivity contribution in [2.45, 2.75) is 39.4 Å². The molecule has 0 spiro atoms. The SMILES string of the molecule is COC(=O)c1cc(OCCCNC(=O)OC(C)(C)C)cc(CO)n1. The number of aliphatic hydroxyl groups is 1.